The van der Waals surface area contributed by atoms with Gasteiger partial charge in [-0.3, -0.25) is 0 Å². The lowest BCUT2D eigenvalue weighted by atomic mass is 9.71. The molecular formula is C21H30FNO5. The van der Waals surface area contributed by atoms with Crippen LogP contribution in [0.25, 0.3) is 0 Å². The van der Waals surface area contributed by atoms with Crippen LogP contribution >= 0.6 is 0 Å². The molecule has 1 fully saturated rings. The second-order valence-corrected chi connectivity index (χ2v) is 9.18. The smallest absolute Gasteiger partial charge is 0.442 e. The van der Waals surface area contributed by atoms with Crippen molar-refractivity contribution in [2.24, 2.45) is 5.92 Å². The van der Waals surface area contributed by atoms with Gasteiger partial charge in [0.1, 0.15) is 17.0 Å². The predicted molar refractivity (Wildman–Crippen MR) is 102 cm³/mol. The fourth-order valence-electron chi connectivity index (χ4n) is 2.95. The van der Waals surface area contributed by atoms with Crippen LogP contribution in [0.4, 0.5) is 14.0 Å². The first kappa shape index (κ1) is 22.0. The normalized spacial score (nSPS) is 19.4. The Hall–Kier alpha value is -2.31. The number of nitrogens with zero attached hydrogens (tertiary/aromatic N) is 1. The van der Waals surface area contributed by atoms with E-state index in [9.17, 15) is 14.0 Å². The standard InChI is InChI=1S/C21H30FNO5/c1-20(2,3)26-18(24)23(28-19(25)27-21(4,5)6)13-14-11-16(12-14)15-7-9-17(22)10-8-15/h7-10,14,16H,11-13H2,1-6H3/t14-,16+. The molecule has 0 unspecified atom stereocenters. The molecule has 1 aliphatic carbocycles. The molecule has 0 spiro atoms. The number of ether oxygens (including phenoxy) is 2. The van der Waals surface area contributed by atoms with E-state index in [0.717, 1.165) is 23.5 Å². The largest absolute Gasteiger partial charge is 0.534 e. The average Bonchev–Trinajstić information content (AvgIpc) is 2.46. The van der Waals surface area contributed by atoms with Gasteiger partial charge in [0.25, 0.3) is 0 Å². The van der Waals surface area contributed by atoms with Crippen molar-refractivity contribution in [3.8, 4) is 0 Å². The Kier molecular flexibility index (Phi) is 6.57. The second kappa shape index (κ2) is 8.37. The lowest BCUT2D eigenvalue weighted by Crippen LogP contribution is -2.44. The third-order valence-corrected chi connectivity index (χ3v) is 4.17. The highest BCUT2D eigenvalue weighted by Gasteiger charge is 2.36. The molecule has 0 aromatic heterocycles. The van der Waals surface area contributed by atoms with Crippen molar-refractivity contribution in [2.75, 3.05) is 6.54 Å². The summed E-state index contributed by atoms with van der Waals surface area (Å²) in [4.78, 5) is 29.6. The van der Waals surface area contributed by atoms with Crippen molar-refractivity contribution in [3.63, 3.8) is 0 Å². The zero-order valence-electron chi connectivity index (χ0n) is 17.5. The number of hydrogen-bond acceptors (Lipinski definition) is 5. The van der Waals surface area contributed by atoms with E-state index >= 15 is 0 Å². The highest BCUT2D eigenvalue weighted by atomic mass is 19.1. The Morgan fingerprint density at radius 3 is 2.04 bits per heavy atom. The van der Waals surface area contributed by atoms with Gasteiger partial charge >= 0.3 is 12.2 Å². The van der Waals surface area contributed by atoms with Crippen molar-refractivity contribution in [3.05, 3.63) is 35.6 Å². The Morgan fingerprint density at radius 2 is 1.54 bits per heavy atom. The number of benzene rings is 1. The minimum Gasteiger partial charge on any atom is -0.442 e. The van der Waals surface area contributed by atoms with Gasteiger partial charge in [0.05, 0.1) is 6.54 Å². The molecule has 0 atom stereocenters. The summed E-state index contributed by atoms with van der Waals surface area (Å²) < 4.78 is 23.5. The van der Waals surface area contributed by atoms with Gasteiger partial charge in [0.15, 0.2) is 0 Å². The fraction of sp³-hybridized carbons (Fsp3) is 0.619. The number of halogens is 1. The van der Waals surface area contributed by atoms with Gasteiger partial charge in [-0.25, -0.2) is 14.0 Å². The monoisotopic (exact) mass is 395 g/mol. The van der Waals surface area contributed by atoms with E-state index < -0.39 is 23.5 Å². The van der Waals surface area contributed by atoms with E-state index in [1.807, 2.05) is 0 Å². The molecule has 7 heteroatoms. The van der Waals surface area contributed by atoms with Gasteiger partial charge in [-0.05, 0) is 83.9 Å². The second-order valence-electron chi connectivity index (χ2n) is 9.18. The van der Waals surface area contributed by atoms with Crippen molar-refractivity contribution in [1.82, 2.24) is 5.06 Å². The molecule has 156 valence electrons. The zero-order chi connectivity index (χ0) is 21.1. The summed E-state index contributed by atoms with van der Waals surface area (Å²) >= 11 is 0. The molecule has 0 bridgehead atoms. The lowest BCUT2D eigenvalue weighted by Gasteiger charge is -2.38. The maximum atomic E-state index is 13.1. The molecule has 0 N–H and O–H groups in total. The molecule has 0 radical (unpaired) electrons. The summed E-state index contributed by atoms with van der Waals surface area (Å²) in [7, 11) is 0. The molecule has 6 nitrogen and oxygen atoms in total. The third-order valence-electron chi connectivity index (χ3n) is 4.17. The van der Waals surface area contributed by atoms with Crippen molar-refractivity contribution in [2.45, 2.75) is 71.5 Å². The van der Waals surface area contributed by atoms with Gasteiger partial charge in [-0.1, -0.05) is 12.1 Å². The van der Waals surface area contributed by atoms with Gasteiger partial charge in [-0.15, -0.1) is 5.06 Å². The first-order valence-corrected chi connectivity index (χ1v) is 9.49. The topological polar surface area (TPSA) is 65.1 Å². The van der Waals surface area contributed by atoms with Crippen LogP contribution in [0.2, 0.25) is 0 Å². The van der Waals surface area contributed by atoms with E-state index in [0.29, 0.717) is 5.92 Å². The number of rotatable bonds is 3. The summed E-state index contributed by atoms with van der Waals surface area (Å²) in [6.45, 7) is 10.6. The van der Waals surface area contributed by atoms with Crippen LogP contribution in [-0.2, 0) is 14.3 Å². The molecule has 1 aliphatic rings. The van der Waals surface area contributed by atoms with Crippen LogP contribution in [0.15, 0.2) is 24.3 Å². The van der Waals surface area contributed by atoms with Gasteiger partial charge in [0, 0.05) is 0 Å². The van der Waals surface area contributed by atoms with Crippen LogP contribution in [0.1, 0.15) is 65.9 Å². The number of amides is 1. The summed E-state index contributed by atoms with van der Waals surface area (Å²) in [5, 5.41) is 0.935. The molecule has 1 aromatic carbocycles. The minimum atomic E-state index is -0.951. The third kappa shape index (κ3) is 7.02. The zero-order valence-corrected chi connectivity index (χ0v) is 17.5. The summed E-state index contributed by atoms with van der Waals surface area (Å²) in [6, 6.07) is 6.45. The Bertz CT molecular complexity index is 684. The fourth-order valence-corrected chi connectivity index (χ4v) is 2.95. The molecule has 28 heavy (non-hydrogen) atoms. The van der Waals surface area contributed by atoms with Gasteiger partial charge in [-0.2, -0.15) is 0 Å². The molecule has 0 saturated heterocycles. The Labute approximate surface area is 165 Å². The van der Waals surface area contributed by atoms with Crippen LogP contribution in [0, 0.1) is 11.7 Å². The lowest BCUT2D eigenvalue weighted by molar-refractivity contribution is -0.145. The van der Waals surface area contributed by atoms with Gasteiger partial charge in [0.2, 0.25) is 0 Å². The maximum Gasteiger partial charge on any atom is 0.534 e. The van der Waals surface area contributed by atoms with Gasteiger partial charge < -0.3 is 14.3 Å². The minimum absolute atomic E-state index is 0.144. The van der Waals surface area contributed by atoms with E-state index in [4.69, 9.17) is 14.3 Å². The highest BCUT2D eigenvalue weighted by Crippen LogP contribution is 2.42. The van der Waals surface area contributed by atoms with E-state index in [-0.39, 0.29) is 18.3 Å². The number of hydroxylamine groups is 2. The molecule has 1 saturated carbocycles. The number of hydrogen-bond donors (Lipinski definition) is 0. The van der Waals surface area contributed by atoms with E-state index in [1.54, 1.807) is 53.7 Å². The summed E-state index contributed by atoms with van der Waals surface area (Å²) in [6.07, 6.45) is -0.0676. The number of carbonyl (C=O) groups excluding carboxylic acids is 2. The first-order valence-electron chi connectivity index (χ1n) is 9.49. The molecule has 0 aliphatic heterocycles. The van der Waals surface area contributed by atoms with Crippen molar-refractivity contribution < 1.29 is 28.3 Å². The molecule has 1 amide bonds. The maximum absolute atomic E-state index is 13.1. The Morgan fingerprint density at radius 1 is 1.00 bits per heavy atom. The molecular weight excluding hydrogens is 365 g/mol. The van der Waals surface area contributed by atoms with E-state index in [1.165, 1.54) is 12.1 Å². The molecule has 0 heterocycles. The van der Waals surface area contributed by atoms with E-state index in [2.05, 4.69) is 0 Å². The Balaban J connectivity index is 1.96. The SMILES string of the molecule is CC(C)(C)OC(=O)ON(C[C@H]1C[C@@H](c2ccc(F)cc2)C1)C(=O)OC(C)(C)C. The van der Waals surface area contributed by atoms with Crippen molar-refractivity contribution >= 4 is 12.2 Å². The highest BCUT2D eigenvalue weighted by molar-refractivity contribution is 5.70. The van der Waals surface area contributed by atoms with Crippen LogP contribution in [0.5, 0.6) is 0 Å². The predicted octanol–water partition coefficient (Wildman–Crippen LogP) is 5.42. The summed E-state index contributed by atoms with van der Waals surface area (Å²) in [5.41, 5.74) is -0.390. The molecule has 1 aromatic rings. The van der Waals surface area contributed by atoms with Crippen molar-refractivity contribution in [1.29, 1.82) is 0 Å². The number of carbonyl (C=O) groups is 2. The van der Waals surface area contributed by atoms with Crippen LogP contribution in [0.3, 0.4) is 0 Å². The first-order chi connectivity index (χ1) is 12.8. The quantitative estimate of drug-likeness (QED) is 0.505. The van der Waals surface area contributed by atoms with Crippen LogP contribution in [-0.4, -0.2) is 35.1 Å². The van der Waals surface area contributed by atoms with Crippen LogP contribution < -0.4 is 0 Å². The summed E-state index contributed by atoms with van der Waals surface area (Å²) in [5.74, 6) is 0.180. The molecule has 2 rings (SSSR count). The average molecular weight is 395 g/mol.